The number of hydrogen-bond donors (Lipinski definition) is 1. The summed E-state index contributed by atoms with van der Waals surface area (Å²) in [5.41, 5.74) is 4.53. The molecular formula is C27H31N5OS. The van der Waals surface area contributed by atoms with E-state index in [0.717, 1.165) is 70.7 Å². The first kappa shape index (κ1) is 22.7. The Morgan fingerprint density at radius 2 is 1.94 bits per heavy atom. The first-order chi connectivity index (χ1) is 16.5. The summed E-state index contributed by atoms with van der Waals surface area (Å²) in [6, 6.07) is 12.7. The van der Waals surface area contributed by atoms with Crippen molar-refractivity contribution in [1.29, 1.82) is 0 Å². The lowest BCUT2D eigenvalue weighted by Gasteiger charge is -2.32. The molecule has 5 rings (SSSR count). The summed E-state index contributed by atoms with van der Waals surface area (Å²) in [4.78, 5) is 30.2. The number of nitrogens with zero attached hydrogens (tertiary/aromatic N) is 4. The van der Waals surface area contributed by atoms with E-state index in [9.17, 15) is 4.79 Å². The number of aryl methyl sites for hydroxylation is 3. The van der Waals surface area contributed by atoms with Crippen molar-refractivity contribution in [2.24, 2.45) is 5.92 Å². The number of aromatic nitrogens is 3. The largest absolute Gasteiger partial charge is 0.355 e. The van der Waals surface area contributed by atoms with E-state index in [1.807, 2.05) is 13.0 Å². The van der Waals surface area contributed by atoms with Crippen molar-refractivity contribution >= 4 is 43.5 Å². The van der Waals surface area contributed by atoms with Gasteiger partial charge in [0, 0.05) is 36.1 Å². The number of amides is 1. The van der Waals surface area contributed by atoms with Crippen molar-refractivity contribution in [3.05, 3.63) is 59.5 Å². The summed E-state index contributed by atoms with van der Waals surface area (Å²) >= 11 is 1.67. The van der Waals surface area contributed by atoms with Crippen molar-refractivity contribution in [3.63, 3.8) is 0 Å². The van der Waals surface area contributed by atoms with E-state index in [2.05, 4.69) is 64.4 Å². The fraction of sp³-hybridized carbons (Fsp3) is 0.407. The van der Waals surface area contributed by atoms with E-state index in [1.165, 1.54) is 11.1 Å². The van der Waals surface area contributed by atoms with Crippen LogP contribution in [0.25, 0.3) is 20.4 Å². The Bertz CT molecular complexity index is 1310. The molecule has 0 spiro atoms. The molecule has 1 aliphatic heterocycles. The van der Waals surface area contributed by atoms with Gasteiger partial charge in [0.05, 0.1) is 10.2 Å². The van der Waals surface area contributed by atoms with Crippen molar-refractivity contribution < 1.29 is 4.79 Å². The highest BCUT2D eigenvalue weighted by atomic mass is 32.1. The van der Waals surface area contributed by atoms with E-state index < -0.39 is 0 Å². The maximum Gasteiger partial charge on any atom is 0.223 e. The molecule has 1 aliphatic rings. The highest BCUT2D eigenvalue weighted by molar-refractivity contribution is 7.26. The molecule has 1 fully saturated rings. The summed E-state index contributed by atoms with van der Waals surface area (Å²) in [6.07, 6.45) is 5.27. The summed E-state index contributed by atoms with van der Waals surface area (Å²) in [5.74, 6) is 1.21. The summed E-state index contributed by atoms with van der Waals surface area (Å²) < 4.78 is 1.09. The van der Waals surface area contributed by atoms with Crippen LogP contribution in [0.4, 0.5) is 5.82 Å². The van der Waals surface area contributed by atoms with Crippen LogP contribution in [0.1, 0.15) is 43.0 Å². The van der Waals surface area contributed by atoms with Crippen LogP contribution < -0.4 is 10.2 Å². The molecule has 1 aromatic carbocycles. The van der Waals surface area contributed by atoms with Crippen LogP contribution in [0, 0.1) is 19.8 Å². The van der Waals surface area contributed by atoms with Crippen molar-refractivity contribution in [2.75, 3.05) is 18.0 Å². The third-order valence-corrected chi connectivity index (χ3v) is 7.86. The minimum atomic E-state index is 0.0571. The Morgan fingerprint density at radius 3 is 2.71 bits per heavy atom. The molecule has 1 saturated heterocycles. The third kappa shape index (κ3) is 4.62. The number of carbonyl (C=O) groups excluding carboxylic acids is 1. The van der Waals surface area contributed by atoms with Crippen LogP contribution in [-0.4, -0.2) is 40.0 Å². The fourth-order valence-electron chi connectivity index (χ4n) is 4.94. The standard InChI is InChI=1S/C27H31N5OS/c1-17-15-19(3)31-27-22(17)23-24(34-27)25(29-16-28-23)32-13-11-21(12-14-32)26(33)30-18(2)9-10-20-7-5-4-6-8-20/h4-8,15-16,18,21H,9-14H2,1-3H3,(H,30,33)/t18-/m0/s1. The Balaban J connectivity index is 1.23. The van der Waals surface area contributed by atoms with Crippen LogP contribution in [0.3, 0.4) is 0 Å². The third-order valence-electron chi connectivity index (χ3n) is 6.79. The van der Waals surface area contributed by atoms with Crippen LogP contribution in [0.2, 0.25) is 0 Å². The van der Waals surface area contributed by atoms with Crippen LogP contribution in [0.5, 0.6) is 0 Å². The first-order valence-corrected chi connectivity index (χ1v) is 12.9. The maximum atomic E-state index is 12.9. The average Bonchev–Trinajstić information content (AvgIpc) is 3.22. The number of rotatable bonds is 6. The molecule has 3 aromatic heterocycles. The van der Waals surface area contributed by atoms with E-state index in [4.69, 9.17) is 4.98 Å². The summed E-state index contributed by atoms with van der Waals surface area (Å²) in [6.45, 7) is 7.90. The van der Waals surface area contributed by atoms with Gasteiger partial charge in [-0.05, 0) is 63.6 Å². The predicted molar refractivity (Wildman–Crippen MR) is 139 cm³/mol. The molecule has 7 heteroatoms. The second-order valence-corrected chi connectivity index (χ2v) is 10.4. The normalized spacial score (nSPS) is 15.7. The lowest BCUT2D eigenvalue weighted by molar-refractivity contribution is -0.126. The van der Waals surface area contributed by atoms with Crippen LogP contribution in [0.15, 0.2) is 42.7 Å². The SMILES string of the molecule is Cc1cc(C)c2c(n1)sc1c(N3CCC(C(=O)N[C@@H](C)CCc4ccccc4)CC3)ncnc12. The van der Waals surface area contributed by atoms with Gasteiger partial charge in [0.1, 0.15) is 17.0 Å². The monoisotopic (exact) mass is 473 g/mol. The smallest absolute Gasteiger partial charge is 0.223 e. The molecule has 0 aliphatic carbocycles. The first-order valence-electron chi connectivity index (χ1n) is 12.1. The Hall–Kier alpha value is -3.06. The minimum Gasteiger partial charge on any atom is -0.355 e. The van der Waals surface area contributed by atoms with Gasteiger partial charge in [-0.15, -0.1) is 11.3 Å². The molecule has 0 saturated carbocycles. The number of carbonyl (C=O) groups is 1. The molecular weight excluding hydrogens is 442 g/mol. The van der Waals surface area contributed by atoms with Crippen LogP contribution in [-0.2, 0) is 11.2 Å². The van der Waals surface area contributed by atoms with E-state index in [1.54, 1.807) is 17.7 Å². The zero-order valence-electron chi connectivity index (χ0n) is 20.0. The number of hydrogen-bond acceptors (Lipinski definition) is 6. The molecule has 0 unspecified atom stereocenters. The Morgan fingerprint density at radius 1 is 1.18 bits per heavy atom. The molecule has 4 heterocycles. The van der Waals surface area contributed by atoms with Gasteiger partial charge in [0.25, 0.3) is 0 Å². The van der Waals surface area contributed by atoms with Crippen molar-refractivity contribution in [2.45, 2.75) is 52.5 Å². The summed E-state index contributed by atoms with van der Waals surface area (Å²) in [5, 5.41) is 4.38. The van der Waals surface area contributed by atoms with Gasteiger partial charge < -0.3 is 10.2 Å². The second kappa shape index (κ2) is 9.66. The molecule has 1 amide bonds. The number of piperidine rings is 1. The lowest BCUT2D eigenvalue weighted by Crippen LogP contribution is -2.43. The number of nitrogens with one attached hydrogen (secondary N) is 1. The number of anilines is 1. The number of benzene rings is 1. The Kier molecular flexibility index (Phi) is 6.46. The summed E-state index contributed by atoms with van der Waals surface area (Å²) in [7, 11) is 0. The van der Waals surface area contributed by atoms with E-state index in [0.29, 0.717) is 0 Å². The molecule has 6 nitrogen and oxygen atoms in total. The fourth-order valence-corrected chi connectivity index (χ4v) is 6.20. The highest BCUT2D eigenvalue weighted by Crippen LogP contribution is 2.38. The van der Waals surface area contributed by atoms with Crippen molar-refractivity contribution in [3.8, 4) is 0 Å². The van der Waals surface area contributed by atoms with Crippen LogP contribution >= 0.6 is 11.3 Å². The van der Waals surface area contributed by atoms with Crippen molar-refractivity contribution in [1.82, 2.24) is 20.3 Å². The van der Waals surface area contributed by atoms with Gasteiger partial charge in [-0.1, -0.05) is 30.3 Å². The average molecular weight is 474 g/mol. The molecule has 4 aromatic rings. The molecule has 34 heavy (non-hydrogen) atoms. The zero-order valence-corrected chi connectivity index (χ0v) is 20.9. The van der Waals surface area contributed by atoms with Gasteiger partial charge in [-0.25, -0.2) is 15.0 Å². The molecule has 1 atom stereocenters. The quantitative estimate of drug-likeness (QED) is 0.416. The van der Waals surface area contributed by atoms with E-state index in [-0.39, 0.29) is 17.9 Å². The number of thiophene rings is 1. The highest BCUT2D eigenvalue weighted by Gasteiger charge is 2.28. The van der Waals surface area contributed by atoms with Gasteiger partial charge in [0.2, 0.25) is 5.91 Å². The second-order valence-electron chi connectivity index (χ2n) is 9.43. The van der Waals surface area contributed by atoms with Gasteiger partial charge >= 0.3 is 0 Å². The van der Waals surface area contributed by atoms with Gasteiger partial charge in [-0.3, -0.25) is 4.79 Å². The van der Waals surface area contributed by atoms with Gasteiger partial charge in [0.15, 0.2) is 0 Å². The van der Waals surface area contributed by atoms with Gasteiger partial charge in [-0.2, -0.15) is 0 Å². The number of fused-ring (bicyclic) bond motifs is 3. The Labute approximate surface area is 204 Å². The minimum absolute atomic E-state index is 0.0571. The number of pyridine rings is 1. The molecule has 176 valence electrons. The maximum absolute atomic E-state index is 12.9. The lowest BCUT2D eigenvalue weighted by atomic mass is 9.95. The predicted octanol–water partition coefficient (Wildman–Crippen LogP) is 5.21. The topological polar surface area (TPSA) is 71.0 Å². The zero-order chi connectivity index (χ0) is 23.7. The molecule has 0 radical (unpaired) electrons. The molecule has 0 bridgehead atoms. The molecule has 1 N–H and O–H groups in total. The van der Waals surface area contributed by atoms with E-state index >= 15 is 0 Å².